The van der Waals surface area contributed by atoms with Gasteiger partial charge in [-0.15, -0.1) is 0 Å². The molecule has 1 atom stereocenters. The Kier molecular flexibility index (Phi) is 6.17. The number of amides is 1. The van der Waals surface area contributed by atoms with Gasteiger partial charge in [-0.3, -0.25) is 15.1 Å². The first-order chi connectivity index (χ1) is 10.2. The molecule has 21 heavy (non-hydrogen) atoms. The van der Waals surface area contributed by atoms with Crippen molar-refractivity contribution >= 4 is 5.91 Å². The quantitative estimate of drug-likeness (QED) is 0.429. The number of aliphatic hydroxyl groups excluding tert-OH is 1. The number of hydrogen-bond acceptors (Lipinski definition) is 4. The molecule has 0 saturated carbocycles. The Bertz CT molecular complexity index is 447. The van der Waals surface area contributed by atoms with Crippen molar-refractivity contribution in [2.24, 2.45) is 5.84 Å². The molecule has 5 nitrogen and oxygen atoms in total. The number of hydrazine groups is 1. The molecule has 0 bridgehead atoms. The standard InChI is InChI=1S/C16H25N3O2/c17-18-16(21)10-13-5-7-14(8-6-13)11-19-9-3-1-2-4-15(19)12-20/h5-8,15,20H,1-4,9-12,17H2,(H,18,21). The molecule has 1 unspecified atom stereocenters. The summed E-state index contributed by atoms with van der Waals surface area (Å²) in [7, 11) is 0. The van der Waals surface area contributed by atoms with Crippen LogP contribution in [-0.4, -0.2) is 35.1 Å². The third kappa shape index (κ3) is 4.81. The number of likely N-dealkylation sites (tertiary alicyclic amines) is 1. The van der Waals surface area contributed by atoms with Crippen molar-refractivity contribution in [3.8, 4) is 0 Å². The molecule has 0 aliphatic carbocycles. The maximum absolute atomic E-state index is 11.2. The number of carbonyl (C=O) groups excluding carboxylic acids is 1. The first kappa shape index (κ1) is 15.9. The van der Waals surface area contributed by atoms with Crippen molar-refractivity contribution in [1.29, 1.82) is 0 Å². The second kappa shape index (κ2) is 8.12. The number of nitrogens with zero attached hydrogens (tertiary/aromatic N) is 1. The smallest absolute Gasteiger partial charge is 0.238 e. The van der Waals surface area contributed by atoms with Gasteiger partial charge in [-0.2, -0.15) is 0 Å². The Morgan fingerprint density at radius 2 is 1.95 bits per heavy atom. The molecule has 4 N–H and O–H groups in total. The summed E-state index contributed by atoms with van der Waals surface area (Å²) in [5, 5.41) is 9.54. The van der Waals surface area contributed by atoms with Crippen LogP contribution < -0.4 is 11.3 Å². The number of rotatable bonds is 5. The summed E-state index contributed by atoms with van der Waals surface area (Å²) in [6.07, 6.45) is 5.03. The zero-order chi connectivity index (χ0) is 15.1. The maximum Gasteiger partial charge on any atom is 0.238 e. The molecule has 1 aromatic carbocycles. The lowest BCUT2D eigenvalue weighted by atomic mass is 10.1. The van der Waals surface area contributed by atoms with E-state index < -0.39 is 0 Å². The zero-order valence-electron chi connectivity index (χ0n) is 12.4. The second-order valence-electron chi connectivity index (χ2n) is 5.72. The van der Waals surface area contributed by atoms with Crippen molar-refractivity contribution in [2.75, 3.05) is 13.2 Å². The number of hydrogen-bond donors (Lipinski definition) is 3. The number of aliphatic hydroxyl groups is 1. The molecule has 0 aromatic heterocycles. The summed E-state index contributed by atoms with van der Waals surface area (Å²) in [4.78, 5) is 13.6. The van der Waals surface area contributed by atoms with E-state index >= 15 is 0 Å². The molecule has 1 heterocycles. The predicted molar refractivity (Wildman–Crippen MR) is 82.2 cm³/mol. The Morgan fingerprint density at radius 3 is 2.62 bits per heavy atom. The Hall–Kier alpha value is -1.43. The highest BCUT2D eigenvalue weighted by atomic mass is 16.3. The molecule has 1 aliphatic heterocycles. The van der Waals surface area contributed by atoms with Crippen molar-refractivity contribution in [2.45, 2.75) is 44.7 Å². The van der Waals surface area contributed by atoms with Gasteiger partial charge in [0.1, 0.15) is 0 Å². The molecule has 1 saturated heterocycles. The molecular weight excluding hydrogens is 266 g/mol. The van der Waals surface area contributed by atoms with Crippen LogP contribution in [0.25, 0.3) is 0 Å². The average Bonchev–Trinajstić information content (AvgIpc) is 2.74. The van der Waals surface area contributed by atoms with E-state index in [-0.39, 0.29) is 18.6 Å². The monoisotopic (exact) mass is 291 g/mol. The van der Waals surface area contributed by atoms with Gasteiger partial charge in [0, 0.05) is 12.6 Å². The van der Waals surface area contributed by atoms with Crippen LogP contribution in [0.1, 0.15) is 36.8 Å². The third-order valence-electron chi connectivity index (χ3n) is 4.14. The Balaban J connectivity index is 1.96. The van der Waals surface area contributed by atoms with E-state index in [1.165, 1.54) is 24.8 Å². The van der Waals surface area contributed by atoms with Crippen LogP contribution in [0.3, 0.4) is 0 Å². The number of nitrogens with one attached hydrogen (secondary N) is 1. The molecule has 1 amide bonds. The van der Waals surface area contributed by atoms with E-state index in [1.54, 1.807) is 0 Å². The maximum atomic E-state index is 11.2. The van der Waals surface area contributed by atoms with E-state index in [0.29, 0.717) is 6.42 Å². The van der Waals surface area contributed by atoms with Crippen LogP contribution in [-0.2, 0) is 17.8 Å². The lowest BCUT2D eigenvalue weighted by Gasteiger charge is -2.28. The molecule has 0 radical (unpaired) electrons. The van der Waals surface area contributed by atoms with Crippen molar-refractivity contribution in [3.05, 3.63) is 35.4 Å². The van der Waals surface area contributed by atoms with Gasteiger partial charge in [-0.1, -0.05) is 37.1 Å². The second-order valence-corrected chi connectivity index (χ2v) is 5.72. The fourth-order valence-electron chi connectivity index (χ4n) is 2.89. The molecule has 2 rings (SSSR count). The number of nitrogens with two attached hydrogens (primary N) is 1. The topological polar surface area (TPSA) is 78.6 Å². The summed E-state index contributed by atoms with van der Waals surface area (Å²) in [6, 6.07) is 8.32. The number of benzene rings is 1. The summed E-state index contributed by atoms with van der Waals surface area (Å²) in [6.45, 7) is 2.13. The minimum absolute atomic E-state index is 0.185. The predicted octanol–water partition coefficient (Wildman–Crippen LogP) is 0.956. The van der Waals surface area contributed by atoms with Gasteiger partial charge in [0.2, 0.25) is 5.91 Å². The van der Waals surface area contributed by atoms with Gasteiger partial charge in [0.25, 0.3) is 0 Å². The van der Waals surface area contributed by atoms with Gasteiger partial charge in [0.05, 0.1) is 13.0 Å². The van der Waals surface area contributed by atoms with Crippen molar-refractivity contribution in [1.82, 2.24) is 10.3 Å². The fourth-order valence-corrected chi connectivity index (χ4v) is 2.89. The first-order valence-electron chi connectivity index (χ1n) is 7.65. The molecular formula is C16H25N3O2. The molecule has 1 aromatic rings. The van der Waals surface area contributed by atoms with Gasteiger partial charge in [-0.25, -0.2) is 5.84 Å². The SMILES string of the molecule is NNC(=O)Cc1ccc(CN2CCCCCC2CO)cc1. The van der Waals surface area contributed by atoms with Crippen molar-refractivity contribution < 1.29 is 9.90 Å². The average molecular weight is 291 g/mol. The van der Waals surface area contributed by atoms with Crippen LogP contribution in [0.4, 0.5) is 0 Å². The molecule has 116 valence electrons. The largest absolute Gasteiger partial charge is 0.395 e. The van der Waals surface area contributed by atoms with E-state index in [2.05, 4.69) is 22.5 Å². The van der Waals surface area contributed by atoms with Crippen LogP contribution in [0, 0.1) is 0 Å². The lowest BCUT2D eigenvalue weighted by Crippen LogP contribution is -2.36. The highest BCUT2D eigenvalue weighted by molar-refractivity contribution is 5.77. The normalized spacial score (nSPS) is 20.0. The third-order valence-corrected chi connectivity index (χ3v) is 4.14. The molecule has 1 aliphatic rings. The first-order valence-corrected chi connectivity index (χ1v) is 7.65. The molecule has 1 fully saturated rings. The van der Waals surface area contributed by atoms with Gasteiger partial charge < -0.3 is 5.11 Å². The van der Waals surface area contributed by atoms with E-state index in [9.17, 15) is 9.90 Å². The summed E-state index contributed by atoms with van der Waals surface area (Å²) < 4.78 is 0. The molecule has 0 spiro atoms. The van der Waals surface area contributed by atoms with E-state index in [1.807, 2.05) is 12.1 Å². The molecule has 5 heteroatoms. The van der Waals surface area contributed by atoms with Crippen LogP contribution in [0.2, 0.25) is 0 Å². The van der Waals surface area contributed by atoms with Gasteiger partial charge in [0.15, 0.2) is 0 Å². The fraction of sp³-hybridized carbons (Fsp3) is 0.562. The summed E-state index contributed by atoms with van der Waals surface area (Å²) >= 11 is 0. The van der Waals surface area contributed by atoms with Crippen LogP contribution >= 0.6 is 0 Å². The highest BCUT2D eigenvalue weighted by Gasteiger charge is 2.20. The highest BCUT2D eigenvalue weighted by Crippen LogP contribution is 2.19. The zero-order valence-corrected chi connectivity index (χ0v) is 12.4. The minimum Gasteiger partial charge on any atom is -0.395 e. The van der Waals surface area contributed by atoms with Gasteiger partial charge in [-0.05, 0) is 30.5 Å². The van der Waals surface area contributed by atoms with Gasteiger partial charge >= 0.3 is 0 Å². The van der Waals surface area contributed by atoms with E-state index in [0.717, 1.165) is 25.1 Å². The van der Waals surface area contributed by atoms with Crippen LogP contribution in [0.15, 0.2) is 24.3 Å². The Morgan fingerprint density at radius 1 is 1.24 bits per heavy atom. The minimum atomic E-state index is -0.185. The lowest BCUT2D eigenvalue weighted by molar-refractivity contribution is -0.120. The van der Waals surface area contributed by atoms with Crippen molar-refractivity contribution in [3.63, 3.8) is 0 Å². The van der Waals surface area contributed by atoms with Crippen LogP contribution in [0.5, 0.6) is 0 Å². The number of carbonyl (C=O) groups is 1. The summed E-state index contributed by atoms with van der Waals surface area (Å²) in [5.41, 5.74) is 4.31. The summed E-state index contributed by atoms with van der Waals surface area (Å²) in [5.74, 6) is 4.90. The van der Waals surface area contributed by atoms with E-state index in [4.69, 9.17) is 5.84 Å². The Labute approximate surface area is 126 Å².